The van der Waals surface area contributed by atoms with Crippen LogP contribution in [0.5, 0.6) is 0 Å². The fourth-order valence-electron chi connectivity index (χ4n) is 0.477. The number of nitrogens with zero attached hydrogens (tertiary/aromatic N) is 1. The molecule has 0 bridgehead atoms. The van der Waals surface area contributed by atoms with Gasteiger partial charge < -0.3 is 0 Å². The summed E-state index contributed by atoms with van der Waals surface area (Å²) >= 11 is 0. The van der Waals surface area contributed by atoms with E-state index in [1.807, 2.05) is 13.8 Å². The molecule has 72 valence electrons. The zero-order chi connectivity index (χ0) is 10.1. The van der Waals surface area contributed by atoms with Gasteiger partial charge >= 0.3 is 0 Å². The van der Waals surface area contributed by atoms with Gasteiger partial charge in [0.1, 0.15) is 0 Å². The van der Waals surface area contributed by atoms with Crippen molar-refractivity contribution in [1.29, 1.82) is 0 Å². The van der Waals surface area contributed by atoms with E-state index in [9.17, 15) is 0 Å². The van der Waals surface area contributed by atoms with E-state index < -0.39 is 0 Å². The molecule has 0 aromatic heterocycles. The maximum atomic E-state index is 4.39. The topological polar surface area (TPSA) is 12.4 Å². The predicted octanol–water partition coefficient (Wildman–Crippen LogP) is 4.20. The average Bonchev–Trinajstić information content (AvgIpc) is 2.07. The molecule has 0 fully saturated rings. The van der Waals surface area contributed by atoms with Crippen LogP contribution in [0.1, 0.15) is 54.9 Å². The van der Waals surface area contributed by atoms with E-state index in [1.165, 1.54) is 11.3 Å². The Balaban J connectivity index is 0. The normalized spacial score (nSPS) is 10.1. The van der Waals surface area contributed by atoms with E-state index in [4.69, 9.17) is 0 Å². The number of allylic oxidation sites excluding steroid dienone is 2. The quantitative estimate of drug-likeness (QED) is 0.549. The largest absolute Gasteiger partial charge is 0.263 e. The van der Waals surface area contributed by atoms with E-state index in [1.54, 1.807) is 0 Å². The molecular weight excluding hydrogens is 146 g/mol. The minimum Gasteiger partial charge on any atom is -0.263 e. The third kappa shape index (κ3) is 7.52. The minimum atomic E-state index is 1.05. The van der Waals surface area contributed by atoms with Gasteiger partial charge in [-0.05, 0) is 34.1 Å². The Kier molecular flexibility index (Phi) is 9.90. The molecule has 0 aromatic carbocycles. The van der Waals surface area contributed by atoms with Gasteiger partial charge in [-0.1, -0.05) is 26.3 Å². The van der Waals surface area contributed by atoms with E-state index in [0.29, 0.717) is 0 Å². The van der Waals surface area contributed by atoms with Gasteiger partial charge in [0.2, 0.25) is 0 Å². The summed E-state index contributed by atoms with van der Waals surface area (Å²) in [5.74, 6) is 0. The van der Waals surface area contributed by atoms with Crippen LogP contribution in [0, 0.1) is 0 Å². The molecule has 0 spiro atoms. The average molecular weight is 169 g/mol. The van der Waals surface area contributed by atoms with Crippen LogP contribution in [0.4, 0.5) is 0 Å². The fraction of sp³-hybridized carbons (Fsp3) is 0.727. The van der Waals surface area contributed by atoms with Crippen molar-refractivity contribution in [2.75, 3.05) is 0 Å². The van der Waals surface area contributed by atoms with Crippen LogP contribution >= 0.6 is 0 Å². The van der Waals surface area contributed by atoms with Crippen LogP contribution in [0.15, 0.2) is 16.3 Å². The molecule has 0 aliphatic rings. The molecule has 0 aliphatic heterocycles. The maximum Gasteiger partial charge on any atom is 0.0358 e. The standard InChI is InChI=1S/C9H17N.C2H6/c1-6-8(4)10-9(5)7(2)3;1-2/h6H2,1-5H3;1-2H3. The molecule has 0 aliphatic carbocycles. The lowest BCUT2D eigenvalue weighted by atomic mass is 10.2. The third-order valence-corrected chi connectivity index (χ3v) is 1.59. The highest BCUT2D eigenvalue weighted by Gasteiger charge is 1.88. The van der Waals surface area contributed by atoms with E-state index in [-0.39, 0.29) is 0 Å². The first-order valence-corrected chi connectivity index (χ1v) is 4.76. The molecular formula is C11H23N. The van der Waals surface area contributed by atoms with Crippen LogP contribution in [0.3, 0.4) is 0 Å². The van der Waals surface area contributed by atoms with Gasteiger partial charge in [0.15, 0.2) is 0 Å². The molecule has 0 N–H and O–H groups in total. The van der Waals surface area contributed by atoms with Crippen LogP contribution in [-0.4, -0.2) is 5.71 Å². The van der Waals surface area contributed by atoms with Gasteiger partial charge in [-0.15, -0.1) is 0 Å². The smallest absolute Gasteiger partial charge is 0.0358 e. The summed E-state index contributed by atoms with van der Waals surface area (Å²) in [6, 6.07) is 0. The zero-order valence-electron chi connectivity index (χ0n) is 9.65. The first kappa shape index (κ1) is 14.0. The summed E-state index contributed by atoms with van der Waals surface area (Å²) in [5, 5.41) is 0. The Bertz CT molecular complexity index is 160. The SMILES string of the molecule is CC.CCC(C)=NC(C)=C(C)C. The molecule has 0 atom stereocenters. The van der Waals surface area contributed by atoms with Gasteiger partial charge in [0, 0.05) is 11.4 Å². The molecule has 0 amide bonds. The monoisotopic (exact) mass is 169 g/mol. The molecule has 12 heavy (non-hydrogen) atoms. The highest BCUT2D eigenvalue weighted by molar-refractivity contribution is 5.82. The molecule has 0 aromatic rings. The number of hydrogen-bond acceptors (Lipinski definition) is 1. The van der Waals surface area contributed by atoms with Gasteiger partial charge in [0.05, 0.1) is 0 Å². The van der Waals surface area contributed by atoms with E-state index >= 15 is 0 Å². The lowest BCUT2D eigenvalue weighted by molar-refractivity contribution is 1.15. The minimum absolute atomic E-state index is 1.05. The van der Waals surface area contributed by atoms with Crippen molar-refractivity contribution >= 4 is 5.71 Å². The van der Waals surface area contributed by atoms with Crippen molar-refractivity contribution < 1.29 is 0 Å². The number of rotatable bonds is 2. The Morgan fingerprint density at radius 2 is 1.42 bits per heavy atom. The van der Waals surface area contributed by atoms with E-state index in [2.05, 4.69) is 39.6 Å². The van der Waals surface area contributed by atoms with Crippen molar-refractivity contribution in [1.82, 2.24) is 0 Å². The highest BCUT2D eigenvalue weighted by atomic mass is 14.7. The summed E-state index contributed by atoms with van der Waals surface area (Å²) in [7, 11) is 0. The number of aliphatic imine (C=N–C) groups is 1. The molecule has 0 saturated carbocycles. The maximum absolute atomic E-state index is 4.39. The Morgan fingerprint density at radius 3 is 1.67 bits per heavy atom. The molecule has 0 rings (SSSR count). The second kappa shape index (κ2) is 8.51. The summed E-state index contributed by atoms with van der Waals surface area (Å²) < 4.78 is 0. The molecule has 0 radical (unpaired) electrons. The zero-order valence-corrected chi connectivity index (χ0v) is 9.65. The van der Waals surface area contributed by atoms with E-state index in [0.717, 1.165) is 12.1 Å². The second-order valence-electron chi connectivity index (χ2n) is 2.79. The Labute approximate surface area is 77.6 Å². The van der Waals surface area contributed by atoms with Crippen molar-refractivity contribution in [2.45, 2.75) is 54.9 Å². The fourth-order valence-corrected chi connectivity index (χ4v) is 0.477. The van der Waals surface area contributed by atoms with Crippen LogP contribution < -0.4 is 0 Å². The second-order valence-corrected chi connectivity index (χ2v) is 2.79. The Hall–Kier alpha value is -0.590. The first-order valence-electron chi connectivity index (χ1n) is 4.76. The molecule has 0 heterocycles. The van der Waals surface area contributed by atoms with Crippen LogP contribution in [-0.2, 0) is 0 Å². The van der Waals surface area contributed by atoms with Crippen molar-refractivity contribution in [3.8, 4) is 0 Å². The first-order chi connectivity index (χ1) is 5.57. The Morgan fingerprint density at radius 1 is 1.00 bits per heavy atom. The predicted molar refractivity (Wildman–Crippen MR) is 58.8 cm³/mol. The highest BCUT2D eigenvalue weighted by Crippen LogP contribution is 2.04. The molecule has 1 nitrogen and oxygen atoms in total. The molecule has 0 saturated heterocycles. The lowest BCUT2D eigenvalue weighted by Gasteiger charge is -1.97. The van der Waals surface area contributed by atoms with Crippen molar-refractivity contribution in [3.63, 3.8) is 0 Å². The van der Waals surface area contributed by atoms with Crippen molar-refractivity contribution in [2.24, 2.45) is 4.99 Å². The summed E-state index contributed by atoms with van der Waals surface area (Å²) in [6.45, 7) is 14.4. The van der Waals surface area contributed by atoms with Gasteiger partial charge in [0.25, 0.3) is 0 Å². The van der Waals surface area contributed by atoms with Gasteiger partial charge in [-0.3, -0.25) is 4.99 Å². The lowest BCUT2D eigenvalue weighted by Crippen LogP contribution is -1.88. The van der Waals surface area contributed by atoms with Crippen LogP contribution in [0.25, 0.3) is 0 Å². The summed E-state index contributed by atoms with van der Waals surface area (Å²) in [4.78, 5) is 4.39. The summed E-state index contributed by atoms with van der Waals surface area (Å²) in [5.41, 5.74) is 3.66. The number of hydrogen-bond donors (Lipinski definition) is 0. The summed E-state index contributed by atoms with van der Waals surface area (Å²) in [6.07, 6.45) is 1.05. The molecule has 1 heteroatoms. The van der Waals surface area contributed by atoms with Crippen molar-refractivity contribution in [3.05, 3.63) is 11.3 Å². The molecule has 0 unspecified atom stereocenters. The van der Waals surface area contributed by atoms with Gasteiger partial charge in [-0.2, -0.15) is 0 Å². The van der Waals surface area contributed by atoms with Crippen LogP contribution in [0.2, 0.25) is 0 Å². The third-order valence-electron chi connectivity index (χ3n) is 1.59. The van der Waals surface area contributed by atoms with Gasteiger partial charge in [-0.25, -0.2) is 0 Å².